The van der Waals surface area contributed by atoms with Crippen molar-refractivity contribution in [3.63, 3.8) is 0 Å². The van der Waals surface area contributed by atoms with E-state index in [1.165, 1.54) is 89.9 Å². The lowest BCUT2D eigenvalue weighted by atomic mass is 10.0. The molecule has 296 valence electrons. The van der Waals surface area contributed by atoms with E-state index in [1.807, 2.05) is 18.2 Å². The summed E-state index contributed by atoms with van der Waals surface area (Å²) in [5.41, 5.74) is 5.34. The molecule has 10 heteroatoms. The van der Waals surface area contributed by atoms with Gasteiger partial charge in [-0.2, -0.15) is 0 Å². The number of carbonyl (C=O) groups is 1. The molecule has 9 nitrogen and oxygen atoms in total. The molecule has 0 aliphatic carbocycles. The van der Waals surface area contributed by atoms with Crippen molar-refractivity contribution in [2.24, 2.45) is 5.73 Å². The number of phosphoric ester groups is 1. The van der Waals surface area contributed by atoms with Gasteiger partial charge in [0.2, 0.25) is 0 Å². The van der Waals surface area contributed by atoms with Gasteiger partial charge in [-0.15, -0.1) is 0 Å². The molecule has 51 heavy (non-hydrogen) atoms. The number of hydrogen-bond donors (Lipinski definition) is 3. The van der Waals surface area contributed by atoms with Crippen LogP contribution in [0.1, 0.15) is 155 Å². The van der Waals surface area contributed by atoms with Gasteiger partial charge >= 0.3 is 13.8 Å². The molecular formula is C41H74NO8P. The summed E-state index contributed by atoms with van der Waals surface area (Å²) < 4.78 is 32.9. The van der Waals surface area contributed by atoms with Gasteiger partial charge in [0, 0.05) is 13.0 Å². The van der Waals surface area contributed by atoms with E-state index in [0.29, 0.717) is 12.8 Å². The molecule has 1 unspecified atom stereocenters. The smallest absolute Gasteiger partial charge is 0.472 e. The first-order valence-electron chi connectivity index (χ1n) is 19.9. The summed E-state index contributed by atoms with van der Waals surface area (Å²) >= 11 is 0. The molecule has 0 amide bonds. The highest BCUT2D eigenvalue weighted by molar-refractivity contribution is 7.47. The Balaban J connectivity index is 4.36. The van der Waals surface area contributed by atoms with E-state index in [-0.39, 0.29) is 32.8 Å². The summed E-state index contributed by atoms with van der Waals surface area (Å²) in [6.07, 6.45) is 42.1. The van der Waals surface area contributed by atoms with Gasteiger partial charge in [0.15, 0.2) is 6.10 Å². The third-order valence-corrected chi connectivity index (χ3v) is 9.09. The number of carbonyl (C=O) groups excluding carboxylic acids is 1. The van der Waals surface area contributed by atoms with Crippen molar-refractivity contribution in [1.29, 1.82) is 0 Å². The van der Waals surface area contributed by atoms with Crippen molar-refractivity contribution in [2.45, 2.75) is 167 Å². The van der Waals surface area contributed by atoms with Crippen LogP contribution in [0, 0.1) is 0 Å². The van der Waals surface area contributed by atoms with E-state index in [4.69, 9.17) is 24.3 Å². The normalized spacial score (nSPS) is 14.8. The highest BCUT2D eigenvalue weighted by atomic mass is 31.2. The molecule has 0 fully saturated rings. The minimum absolute atomic E-state index is 0.0415. The van der Waals surface area contributed by atoms with Gasteiger partial charge in [0.25, 0.3) is 0 Å². The molecule has 0 rings (SSSR count). The molecule has 0 aliphatic rings. The van der Waals surface area contributed by atoms with Crippen molar-refractivity contribution in [3.8, 4) is 0 Å². The maximum atomic E-state index is 12.5. The van der Waals surface area contributed by atoms with Crippen molar-refractivity contribution in [2.75, 3.05) is 26.4 Å². The number of phosphoric acid groups is 1. The number of allylic oxidation sites excluding steroid dienone is 8. The van der Waals surface area contributed by atoms with Gasteiger partial charge < -0.3 is 25.2 Å². The highest BCUT2D eigenvalue weighted by Gasteiger charge is 2.25. The van der Waals surface area contributed by atoms with E-state index >= 15 is 0 Å². The number of hydrogen-bond acceptors (Lipinski definition) is 8. The van der Waals surface area contributed by atoms with E-state index in [2.05, 4.69) is 38.2 Å². The number of rotatable bonds is 37. The lowest BCUT2D eigenvalue weighted by Crippen LogP contribution is -2.28. The van der Waals surface area contributed by atoms with Crippen LogP contribution < -0.4 is 5.73 Å². The Kier molecular flexibility index (Phi) is 36.3. The van der Waals surface area contributed by atoms with Crippen LogP contribution in [0.4, 0.5) is 0 Å². The maximum absolute atomic E-state index is 12.5. The largest absolute Gasteiger partial charge is 0.498 e. The lowest BCUT2D eigenvalue weighted by molar-refractivity contribution is -0.153. The summed E-state index contributed by atoms with van der Waals surface area (Å²) in [7, 11) is -4.34. The van der Waals surface area contributed by atoms with Crippen molar-refractivity contribution >= 4 is 13.8 Å². The van der Waals surface area contributed by atoms with Crippen molar-refractivity contribution < 1.29 is 37.9 Å². The fourth-order valence-electron chi connectivity index (χ4n) is 5.12. The van der Waals surface area contributed by atoms with Gasteiger partial charge in [-0.1, -0.05) is 146 Å². The second-order valence-corrected chi connectivity index (χ2v) is 14.5. The average molecular weight is 740 g/mol. The molecule has 0 heterocycles. The molecule has 0 saturated carbocycles. The first-order valence-corrected chi connectivity index (χ1v) is 21.4. The predicted octanol–water partition coefficient (Wildman–Crippen LogP) is 10.7. The van der Waals surface area contributed by atoms with Gasteiger partial charge in [-0.25, -0.2) is 4.57 Å². The third-order valence-electron chi connectivity index (χ3n) is 8.11. The topological polar surface area (TPSA) is 138 Å². The zero-order chi connectivity index (χ0) is 37.5. The zero-order valence-corrected chi connectivity index (χ0v) is 33.1. The highest BCUT2D eigenvalue weighted by Crippen LogP contribution is 2.43. The third kappa shape index (κ3) is 37.6. The number of unbranched alkanes of at least 4 members (excludes halogenated alkanes) is 15. The van der Waals surface area contributed by atoms with Gasteiger partial charge in [0.1, 0.15) is 6.61 Å². The SMILES string of the molecule is CCCCC/C=C\C/C=C\C/C=C\C=C\[C@@H](O)CCCC(=O)O[C@H](CO/C=C\CCCCCCCCCCCCCC)COP(=O)(O)OCCN. The summed E-state index contributed by atoms with van der Waals surface area (Å²) in [5.74, 6) is -0.512. The van der Waals surface area contributed by atoms with Crippen LogP contribution >= 0.6 is 7.82 Å². The number of aliphatic hydroxyl groups excluding tert-OH is 1. The number of ether oxygens (including phenoxy) is 2. The summed E-state index contributed by atoms with van der Waals surface area (Å²) in [5, 5.41) is 10.3. The fourth-order valence-corrected chi connectivity index (χ4v) is 5.89. The molecule has 0 saturated heterocycles. The monoisotopic (exact) mass is 740 g/mol. The zero-order valence-electron chi connectivity index (χ0n) is 32.2. The molecule has 0 aromatic rings. The van der Waals surface area contributed by atoms with Crippen LogP contribution in [-0.2, 0) is 27.9 Å². The standard InChI is InChI=1S/C41H74NO8P/c1-3-5-7-9-11-13-15-17-19-21-23-25-27-29-35-47-37-40(38-49-51(45,46)48-36-34-42)50-41(44)33-30-32-39(43)31-28-26-24-22-20-18-16-14-12-10-8-6-4-2/h12,14,18,20,24,26,28-29,31,35,39-40,43H,3-11,13,15-17,19,21-23,25,27,30,32-34,36-38,42H2,1-2H3,(H,45,46)/b14-12-,20-18-,26-24-,31-28+,35-29-/t39-,40-/m1/s1. The second kappa shape index (κ2) is 37.7. The number of nitrogens with two attached hydrogens (primary N) is 1. The van der Waals surface area contributed by atoms with Crippen LogP contribution in [0.3, 0.4) is 0 Å². The Bertz CT molecular complexity index is 981. The van der Waals surface area contributed by atoms with Gasteiger partial charge in [0.05, 0.1) is 25.6 Å². The summed E-state index contributed by atoms with van der Waals surface area (Å²) in [6.45, 7) is 3.97. The average Bonchev–Trinajstić information content (AvgIpc) is 3.11. The molecule has 3 atom stereocenters. The summed E-state index contributed by atoms with van der Waals surface area (Å²) in [6, 6.07) is 0. The quantitative estimate of drug-likeness (QED) is 0.0142. The fraction of sp³-hybridized carbons (Fsp3) is 0.732. The first-order chi connectivity index (χ1) is 24.8. The number of esters is 1. The molecule has 0 aromatic carbocycles. The Morgan fingerprint density at radius 2 is 1.27 bits per heavy atom. The van der Waals surface area contributed by atoms with Crippen LogP contribution in [-0.4, -0.2) is 54.5 Å². The van der Waals surface area contributed by atoms with E-state index in [1.54, 1.807) is 18.4 Å². The first kappa shape index (κ1) is 49.0. The Labute approximate surface area is 311 Å². The van der Waals surface area contributed by atoms with Gasteiger partial charge in [-0.05, 0) is 57.4 Å². The van der Waals surface area contributed by atoms with Crippen LogP contribution in [0.15, 0.2) is 60.9 Å². The van der Waals surface area contributed by atoms with E-state index in [0.717, 1.165) is 32.1 Å². The molecule has 4 N–H and O–H groups in total. The number of aliphatic hydroxyl groups is 1. The molecule has 0 spiro atoms. The van der Waals surface area contributed by atoms with E-state index < -0.39 is 26.0 Å². The molecule has 0 bridgehead atoms. The van der Waals surface area contributed by atoms with Crippen LogP contribution in [0.5, 0.6) is 0 Å². The Morgan fingerprint density at radius 1 is 0.706 bits per heavy atom. The Hall–Kier alpha value is -2.00. The predicted molar refractivity (Wildman–Crippen MR) is 211 cm³/mol. The van der Waals surface area contributed by atoms with Crippen molar-refractivity contribution in [1.82, 2.24) is 0 Å². The molecule has 0 aromatic heterocycles. The maximum Gasteiger partial charge on any atom is 0.472 e. The van der Waals surface area contributed by atoms with Crippen LogP contribution in [0.25, 0.3) is 0 Å². The van der Waals surface area contributed by atoms with E-state index in [9.17, 15) is 19.4 Å². The minimum Gasteiger partial charge on any atom is -0.498 e. The molecule has 0 radical (unpaired) electrons. The molecular weight excluding hydrogens is 665 g/mol. The molecule has 0 aliphatic heterocycles. The second-order valence-electron chi connectivity index (χ2n) is 13.1. The lowest BCUT2D eigenvalue weighted by Gasteiger charge is -2.19. The van der Waals surface area contributed by atoms with Crippen LogP contribution in [0.2, 0.25) is 0 Å². The van der Waals surface area contributed by atoms with Crippen molar-refractivity contribution in [3.05, 3.63) is 60.9 Å². The summed E-state index contributed by atoms with van der Waals surface area (Å²) in [4.78, 5) is 22.4. The minimum atomic E-state index is -4.34. The van der Waals surface area contributed by atoms with Gasteiger partial charge in [-0.3, -0.25) is 13.8 Å². The Morgan fingerprint density at radius 3 is 1.94 bits per heavy atom.